The second-order valence-electron chi connectivity index (χ2n) is 11.4. The zero-order valence-corrected chi connectivity index (χ0v) is 25.1. The quantitative estimate of drug-likeness (QED) is 0.349. The third kappa shape index (κ3) is 8.04. The molecule has 1 atom stereocenters. The predicted molar refractivity (Wildman–Crippen MR) is 158 cm³/mol. The highest BCUT2D eigenvalue weighted by molar-refractivity contribution is 7.10. The number of amides is 2. The number of ether oxygens (including phenoxy) is 2. The Labute approximate surface area is 253 Å². The lowest BCUT2D eigenvalue weighted by molar-refractivity contribution is -0.146. The van der Waals surface area contributed by atoms with Crippen molar-refractivity contribution in [2.24, 2.45) is 15.9 Å². The van der Waals surface area contributed by atoms with Gasteiger partial charge in [0, 0.05) is 24.5 Å². The van der Waals surface area contributed by atoms with Crippen LogP contribution in [-0.4, -0.2) is 54.0 Å². The molecule has 2 saturated carbocycles. The second kappa shape index (κ2) is 14.0. The Bertz CT molecular complexity index is 1310. The molecule has 0 bridgehead atoms. The molecule has 4 aliphatic rings. The molecule has 13 heteroatoms. The van der Waals surface area contributed by atoms with Gasteiger partial charge in [0.15, 0.2) is 11.6 Å². The molecule has 234 valence electrons. The van der Waals surface area contributed by atoms with Crippen molar-refractivity contribution in [3.05, 3.63) is 33.4 Å². The van der Waals surface area contributed by atoms with E-state index in [4.69, 9.17) is 9.47 Å². The first-order valence-corrected chi connectivity index (χ1v) is 16.1. The fourth-order valence-electron chi connectivity index (χ4n) is 5.98. The van der Waals surface area contributed by atoms with Gasteiger partial charge in [0.1, 0.15) is 23.1 Å². The lowest BCUT2D eigenvalue weighted by Crippen LogP contribution is -2.41. The summed E-state index contributed by atoms with van der Waals surface area (Å²) < 4.78 is 52.9. The fraction of sp³-hybridized carbons (Fsp3) is 0.633. The maximum absolute atomic E-state index is 13.5. The predicted octanol–water partition coefficient (Wildman–Crippen LogP) is 6.56. The van der Waals surface area contributed by atoms with Crippen molar-refractivity contribution < 1.29 is 32.2 Å². The summed E-state index contributed by atoms with van der Waals surface area (Å²) in [5.74, 6) is -0.213. The van der Waals surface area contributed by atoms with Crippen LogP contribution in [0.3, 0.4) is 0 Å². The van der Waals surface area contributed by atoms with E-state index in [0.717, 1.165) is 80.9 Å². The van der Waals surface area contributed by atoms with E-state index in [1.54, 1.807) is 6.92 Å². The molecule has 2 fully saturated rings. The molecular formula is C30H38F3N5O4S. The minimum Gasteiger partial charge on any atom is -0.477 e. The van der Waals surface area contributed by atoms with Crippen molar-refractivity contribution in [3.8, 4) is 0 Å². The van der Waals surface area contributed by atoms with E-state index in [1.165, 1.54) is 6.20 Å². The Morgan fingerprint density at radius 1 is 1.05 bits per heavy atom. The highest BCUT2D eigenvalue weighted by atomic mass is 32.1. The lowest BCUT2D eigenvalue weighted by Gasteiger charge is -2.32. The van der Waals surface area contributed by atoms with E-state index in [0.29, 0.717) is 35.0 Å². The molecule has 2 aliphatic carbocycles. The van der Waals surface area contributed by atoms with Gasteiger partial charge in [-0.05, 0) is 75.9 Å². The Morgan fingerprint density at radius 3 is 2.40 bits per heavy atom. The molecule has 5 rings (SSSR count). The summed E-state index contributed by atoms with van der Waals surface area (Å²) >= 11 is 0.890. The number of carbonyl (C=O) groups is 2. The SMILES string of the molecule is CCNC(=O)NC1=NCC(C2CC(C(=O)OC3CCCCC3)=CN=C2OC2CCCCC2)=C(c2nc(C(F)(F)F)cs2)C1. The molecule has 1 aromatic heterocycles. The Morgan fingerprint density at radius 2 is 1.74 bits per heavy atom. The number of amidine groups is 1. The topological polar surface area (TPSA) is 114 Å². The number of carbonyl (C=O) groups excluding carboxylic acids is 2. The number of hydrogen-bond donors (Lipinski definition) is 2. The monoisotopic (exact) mass is 621 g/mol. The fourth-order valence-corrected chi connectivity index (χ4v) is 6.89. The van der Waals surface area contributed by atoms with Gasteiger partial charge in [-0.15, -0.1) is 11.3 Å². The van der Waals surface area contributed by atoms with Gasteiger partial charge < -0.3 is 14.8 Å². The number of aliphatic imine (C=N–C) groups is 2. The van der Waals surface area contributed by atoms with Crippen LogP contribution in [0.1, 0.15) is 94.7 Å². The molecule has 43 heavy (non-hydrogen) atoms. The number of dihydropyridines is 1. The highest BCUT2D eigenvalue weighted by Gasteiger charge is 2.38. The molecule has 2 N–H and O–H groups in total. The summed E-state index contributed by atoms with van der Waals surface area (Å²) in [6.45, 7) is 2.27. The van der Waals surface area contributed by atoms with Crippen molar-refractivity contribution in [2.45, 2.75) is 102 Å². The smallest absolute Gasteiger partial charge is 0.434 e. The van der Waals surface area contributed by atoms with Crippen LogP contribution < -0.4 is 10.6 Å². The maximum Gasteiger partial charge on any atom is 0.434 e. The third-order valence-corrected chi connectivity index (χ3v) is 9.14. The molecule has 0 aromatic carbocycles. The van der Waals surface area contributed by atoms with E-state index in [1.807, 2.05) is 0 Å². The number of hydrogen-bond acceptors (Lipinski definition) is 8. The Kier molecular flexibility index (Phi) is 10.2. The molecule has 9 nitrogen and oxygen atoms in total. The number of rotatable bonds is 6. The largest absolute Gasteiger partial charge is 0.477 e. The lowest BCUT2D eigenvalue weighted by atomic mass is 9.84. The van der Waals surface area contributed by atoms with Crippen molar-refractivity contribution in [3.63, 3.8) is 0 Å². The summed E-state index contributed by atoms with van der Waals surface area (Å²) in [5.41, 5.74) is 0.612. The maximum atomic E-state index is 13.5. The summed E-state index contributed by atoms with van der Waals surface area (Å²) in [6.07, 6.45) is 6.90. The van der Waals surface area contributed by atoms with Crippen LogP contribution in [0.2, 0.25) is 0 Å². The third-order valence-electron chi connectivity index (χ3n) is 8.24. The van der Waals surface area contributed by atoms with Gasteiger partial charge in [-0.1, -0.05) is 12.8 Å². The zero-order valence-electron chi connectivity index (χ0n) is 24.3. The van der Waals surface area contributed by atoms with Gasteiger partial charge in [-0.25, -0.2) is 19.6 Å². The van der Waals surface area contributed by atoms with Crippen molar-refractivity contribution in [1.29, 1.82) is 0 Å². The molecule has 2 aliphatic heterocycles. The van der Waals surface area contributed by atoms with E-state index >= 15 is 0 Å². The van der Waals surface area contributed by atoms with Gasteiger partial charge in [0.2, 0.25) is 0 Å². The van der Waals surface area contributed by atoms with Gasteiger partial charge in [-0.3, -0.25) is 10.3 Å². The van der Waals surface area contributed by atoms with Crippen molar-refractivity contribution >= 4 is 40.6 Å². The molecule has 0 spiro atoms. The minimum absolute atomic E-state index is 0.0260. The number of thiazole rings is 1. The van der Waals surface area contributed by atoms with Crippen LogP contribution in [0.15, 0.2) is 32.7 Å². The molecule has 1 aromatic rings. The first-order valence-electron chi connectivity index (χ1n) is 15.2. The number of nitrogens with zero attached hydrogens (tertiary/aromatic N) is 3. The summed E-state index contributed by atoms with van der Waals surface area (Å²) in [4.78, 5) is 38.6. The Hall–Kier alpha value is -3.22. The van der Waals surface area contributed by atoms with E-state index in [-0.39, 0.29) is 36.6 Å². The van der Waals surface area contributed by atoms with Gasteiger partial charge in [-0.2, -0.15) is 13.2 Å². The number of alkyl halides is 3. The highest BCUT2D eigenvalue weighted by Crippen LogP contribution is 2.40. The summed E-state index contributed by atoms with van der Waals surface area (Å²) in [7, 11) is 0. The van der Waals surface area contributed by atoms with Crippen molar-refractivity contribution in [2.75, 3.05) is 13.1 Å². The minimum atomic E-state index is -4.60. The van der Waals surface area contributed by atoms with Crippen LogP contribution in [0.5, 0.6) is 0 Å². The number of esters is 1. The second-order valence-corrected chi connectivity index (χ2v) is 12.2. The first-order chi connectivity index (χ1) is 20.7. The molecule has 1 unspecified atom stereocenters. The molecule has 3 heterocycles. The van der Waals surface area contributed by atoms with Gasteiger partial charge in [0.05, 0.1) is 18.0 Å². The Balaban J connectivity index is 1.48. The number of urea groups is 1. The van der Waals surface area contributed by atoms with Crippen LogP contribution in [0, 0.1) is 5.92 Å². The molecule has 0 radical (unpaired) electrons. The number of halogens is 3. The van der Waals surface area contributed by atoms with Crippen LogP contribution in [-0.2, 0) is 20.4 Å². The normalized spacial score (nSPS) is 22.3. The van der Waals surface area contributed by atoms with Gasteiger partial charge in [0.25, 0.3) is 0 Å². The number of aromatic nitrogens is 1. The van der Waals surface area contributed by atoms with Crippen LogP contribution in [0.4, 0.5) is 18.0 Å². The molecular weight excluding hydrogens is 583 g/mol. The average molecular weight is 622 g/mol. The van der Waals surface area contributed by atoms with Crippen molar-refractivity contribution in [1.82, 2.24) is 15.6 Å². The standard InChI is InChI=1S/C30H38F3N5O4S/c1-2-34-29(40)38-25-14-22(27-37-24(17-43-27)30(31,32)33)23(16-35-25)21-13-18(28(39)42-20-11-7-4-8-12-20)15-36-26(21)41-19-9-5-3-6-10-19/h15,17,19-21H,2-14,16H2,1H3,(H2,34,35,38,40). The summed E-state index contributed by atoms with van der Waals surface area (Å²) in [6, 6.07) is -0.449. The first kappa shape index (κ1) is 31.2. The van der Waals surface area contributed by atoms with Gasteiger partial charge >= 0.3 is 18.2 Å². The summed E-state index contributed by atoms with van der Waals surface area (Å²) in [5, 5.41) is 6.52. The van der Waals surface area contributed by atoms with E-state index in [2.05, 4.69) is 25.6 Å². The zero-order chi connectivity index (χ0) is 30.4. The molecule has 0 saturated heterocycles. The van der Waals surface area contributed by atoms with E-state index in [9.17, 15) is 22.8 Å². The van der Waals surface area contributed by atoms with E-state index < -0.39 is 29.8 Å². The van der Waals surface area contributed by atoms with Crippen LogP contribution >= 0.6 is 11.3 Å². The molecule has 2 amide bonds. The number of nitrogens with one attached hydrogen (secondary N) is 2. The van der Waals surface area contributed by atoms with Crippen LogP contribution in [0.25, 0.3) is 5.57 Å². The average Bonchev–Trinajstić information content (AvgIpc) is 3.50.